The van der Waals surface area contributed by atoms with Crippen molar-refractivity contribution >= 4 is 11.3 Å². The molecule has 2 rings (SSSR count). The summed E-state index contributed by atoms with van der Waals surface area (Å²) in [4.78, 5) is 0. The Bertz CT molecular complexity index is 484. The zero-order chi connectivity index (χ0) is 12.1. The largest absolute Gasteiger partial charge is 0.330 e. The number of aromatic nitrogens is 2. The van der Waals surface area contributed by atoms with Gasteiger partial charge in [0.1, 0.15) is 15.8 Å². The van der Waals surface area contributed by atoms with E-state index >= 15 is 0 Å². The summed E-state index contributed by atoms with van der Waals surface area (Å²) in [5, 5.41) is 9.96. The quantitative estimate of drug-likeness (QED) is 0.886. The topological polar surface area (TPSA) is 51.8 Å². The summed E-state index contributed by atoms with van der Waals surface area (Å²) in [5.74, 6) is -0.189. The average Bonchev–Trinajstić information content (AvgIpc) is 2.77. The van der Waals surface area contributed by atoms with Gasteiger partial charge in [-0.15, -0.1) is 21.5 Å². The Hall–Kier alpha value is -1.33. The number of hydrogen-bond acceptors (Lipinski definition) is 4. The SMILES string of the molecule is NCCCc1nnc(Cc2ccccc2F)s1. The highest BCUT2D eigenvalue weighted by Gasteiger charge is 2.07. The first-order valence-corrected chi connectivity index (χ1v) is 6.36. The maximum absolute atomic E-state index is 13.4. The zero-order valence-electron chi connectivity index (χ0n) is 9.40. The first-order valence-electron chi connectivity index (χ1n) is 5.54. The van der Waals surface area contributed by atoms with E-state index in [1.54, 1.807) is 12.1 Å². The highest BCUT2D eigenvalue weighted by Crippen LogP contribution is 2.17. The number of nitrogens with two attached hydrogens (primary N) is 1. The van der Waals surface area contributed by atoms with Gasteiger partial charge < -0.3 is 5.73 Å². The van der Waals surface area contributed by atoms with Crippen LogP contribution in [0.15, 0.2) is 24.3 Å². The van der Waals surface area contributed by atoms with E-state index in [2.05, 4.69) is 10.2 Å². The summed E-state index contributed by atoms with van der Waals surface area (Å²) in [5.41, 5.74) is 6.09. The summed E-state index contributed by atoms with van der Waals surface area (Å²) >= 11 is 1.53. The van der Waals surface area contributed by atoms with E-state index in [1.165, 1.54) is 17.4 Å². The monoisotopic (exact) mass is 251 g/mol. The molecule has 0 amide bonds. The molecule has 17 heavy (non-hydrogen) atoms. The van der Waals surface area contributed by atoms with Crippen LogP contribution in [0.25, 0.3) is 0 Å². The van der Waals surface area contributed by atoms with E-state index in [4.69, 9.17) is 5.73 Å². The normalized spacial score (nSPS) is 10.7. The van der Waals surface area contributed by atoms with Gasteiger partial charge in [-0.25, -0.2) is 4.39 Å². The van der Waals surface area contributed by atoms with E-state index in [1.807, 2.05) is 6.07 Å². The molecule has 2 aromatic rings. The van der Waals surface area contributed by atoms with Gasteiger partial charge in [0, 0.05) is 12.8 Å². The number of nitrogens with zero attached hydrogens (tertiary/aromatic N) is 2. The van der Waals surface area contributed by atoms with Crippen molar-refractivity contribution in [2.24, 2.45) is 5.73 Å². The molecule has 1 heterocycles. The molecule has 0 spiro atoms. The Balaban J connectivity index is 2.04. The van der Waals surface area contributed by atoms with Crippen molar-refractivity contribution in [2.45, 2.75) is 19.3 Å². The van der Waals surface area contributed by atoms with Gasteiger partial charge in [0.25, 0.3) is 0 Å². The van der Waals surface area contributed by atoms with Gasteiger partial charge in [-0.2, -0.15) is 0 Å². The fourth-order valence-electron chi connectivity index (χ4n) is 1.52. The predicted octanol–water partition coefficient (Wildman–Crippen LogP) is 2.16. The molecular formula is C12H14FN3S. The Labute approximate surface area is 104 Å². The minimum atomic E-state index is -0.189. The molecule has 0 saturated carbocycles. The van der Waals surface area contributed by atoms with Gasteiger partial charge in [0.15, 0.2) is 0 Å². The number of aryl methyl sites for hydroxylation is 1. The highest BCUT2D eigenvalue weighted by atomic mass is 32.1. The maximum atomic E-state index is 13.4. The van der Waals surface area contributed by atoms with E-state index < -0.39 is 0 Å². The molecule has 0 bridgehead atoms. The van der Waals surface area contributed by atoms with Gasteiger partial charge in [0.05, 0.1) is 0 Å². The number of benzene rings is 1. The molecule has 3 nitrogen and oxygen atoms in total. The van der Waals surface area contributed by atoms with Crippen LogP contribution >= 0.6 is 11.3 Å². The zero-order valence-corrected chi connectivity index (χ0v) is 10.2. The molecule has 0 radical (unpaired) electrons. The summed E-state index contributed by atoms with van der Waals surface area (Å²) in [6.45, 7) is 0.655. The number of rotatable bonds is 5. The number of halogens is 1. The van der Waals surface area contributed by atoms with Gasteiger partial charge in [0.2, 0.25) is 0 Å². The molecule has 0 fully saturated rings. The standard InChI is InChI=1S/C12H14FN3S/c13-10-5-2-1-4-9(10)8-12-16-15-11(17-12)6-3-7-14/h1-2,4-5H,3,6-8,14H2. The van der Waals surface area contributed by atoms with Crippen molar-refractivity contribution in [1.29, 1.82) is 0 Å². The second-order valence-corrected chi connectivity index (χ2v) is 4.90. The third-order valence-electron chi connectivity index (χ3n) is 2.40. The first kappa shape index (κ1) is 12.1. The molecule has 90 valence electrons. The lowest BCUT2D eigenvalue weighted by molar-refractivity contribution is 0.613. The van der Waals surface area contributed by atoms with Gasteiger partial charge in [-0.3, -0.25) is 0 Å². The molecule has 2 N–H and O–H groups in total. The smallest absolute Gasteiger partial charge is 0.126 e. The van der Waals surface area contributed by atoms with E-state index in [0.29, 0.717) is 18.5 Å². The van der Waals surface area contributed by atoms with Crippen LogP contribution in [0.2, 0.25) is 0 Å². The van der Waals surface area contributed by atoms with Gasteiger partial charge in [-0.05, 0) is 24.6 Å². The Kier molecular flexibility index (Phi) is 4.17. The van der Waals surface area contributed by atoms with Crippen molar-refractivity contribution in [3.8, 4) is 0 Å². The Morgan fingerprint density at radius 1 is 1.18 bits per heavy atom. The Morgan fingerprint density at radius 2 is 1.94 bits per heavy atom. The van der Waals surface area contributed by atoms with E-state index in [0.717, 1.165) is 22.9 Å². The molecule has 0 aliphatic heterocycles. The minimum Gasteiger partial charge on any atom is -0.330 e. The summed E-state index contributed by atoms with van der Waals surface area (Å²) in [6.07, 6.45) is 2.27. The molecule has 0 unspecified atom stereocenters. The van der Waals surface area contributed by atoms with Crippen LogP contribution < -0.4 is 5.73 Å². The molecular weight excluding hydrogens is 237 g/mol. The predicted molar refractivity (Wildman–Crippen MR) is 66.5 cm³/mol. The molecule has 1 aromatic heterocycles. The lowest BCUT2D eigenvalue weighted by atomic mass is 10.1. The van der Waals surface area contributed by atoms with Gasteiger partial charge in [-0.1, -0.05) is 18.2 Å². The van der Waals surface area contributed by atoms with Crippen LogP contribution in [0.5, 0.6) is 0 Å². The van der Waals surface area contributed by atoms with Crippen LogP contribution in [-0.2, 0) is 12.8 Å². The van der Waals surface area contributed by atoms with Gasteiger partial charge >= 0.3 is 0 Å². The Morgan fingerprint density at radius 3 is 2.71 bits per heavy atom. The highest BCUT2D eigenvalue weighted by molar-refractivity contribution is 7.11. The number of hydrogen-bond donors (Lipinski definition) is 1. The molecule has 1 aromatic carbocycles. The average molecular weight is 251 g/mol. The van der Waals surface area contributed by atoms with Crippen LogP contribution in [-0.4, -0.2) is 16.7 Å². The van der Waals surface area contributed by atoms with Crippen molar-refractivity contribution < 1.29 is 4.39 Å². The second-order valence-electron chi connectivity index (χ2n) is 3.75. The fourth-order valence-corrected chi connectivity index (χ4v) is 2.43. The van der Waals surface area contributed by atoms with E-state index in [-0.39, 0.29) is 5.82 Å². The third-order valence-corrected chi connectivity index (χ3v) is 3.39. The summed E-state index contributed by atoms with van der Waals surface area (Å²) in [7, 11) is 0. The molecule has 0 aliphatic carbocycles. The van der Waals surface area contributed by atoms with Crippen molar-refractivity contribution in [1.82, 2.24) is 10.2 Å². The van der Waals surface area contributed by atoms with Crippen LogP contribution in [0, 0.1) is 5.82 Å². The lowest BCUT2D eigenvalue weighted by Gasteiger charge is -1.98. The molecule has 0 saturated heterocycles. The minimum absolute atomic E-state index is 0.189. The van der Waals surface area contributed by atoms with Crippen LogP contribution in [0.3, 0.4) is 0 Å². The summed E-state index contributed by atoms with van der Waals surface area (Å²) in [6, 6.07) is 6.75. The molecule has 0 atom stereocenters. The van der Waals surface area contributed by atoms with Crippen molar-refractivity contribution in [3.63, 3.8) is 0 Å². The van der Waals surface area contributed by atoms with Crippen LogP contribution in [0.1, 0.15) is 22.0 Å². The van der Waals surface area contributed by atoms with Crippen molar-refractivity contribution in [3.05, 3.63) is 45.7 Å². The fraction of sp³-hybridized carbons (Fsp3) is 0.333. The second kappa shape index (κ2) is 5.84. The first-order chi connectivity index (χ1) is 8.29. The van der Waals surface area contributed by atoms with Crippen molar-refractivity contribution in [2.75, 3.05) is 6.54 Å². The molecule has 0 aliphatic rings. The summed E-state index contributed by atoms with van der Waals surface area (Å²) < 4.78 is 13.4. The van der Waals surface area contributed by atoms with E-state index in [9.17, 15) is 4.39 Å². The lowest BCUT2D eigenvalue weighted by Crippen LogP contribution is -1.99. The maximum Gasteiger partial charge on any atom is 0.126 e. The third kappa shape index (κ3) is 3.31. The van der Waals surface area contributed by atoms with Crippen LogP contribution in [0.4, 0.5) is 4.39 Å². The molecule has 5 heteroatoms.